The van der Waals surface area contributed by atoms with E-state index in [0.29, 0.717) is 29.5 Å². The van der Waals surface area contributed by atoms with E-state index in [9.17, 15) is 8.42 Å². The standard InChI is InChI=1S/C14H17ClN2O2S2/c1-17(11-8-12-4-2-3-10-16-12)21(18,19)14-6-5-13(20-14)7-9-15/h2-6,10H,7-9,11H2,1H3. The minimum Gasteiger partial charge on any atom is -0.261 e. The van der Waals surface area contributed by atoms with Gasteiger partial charge in [0.2, 0.25) is 0 Å². The van der Waals surface area contributed by atoms with Gasteiger partial charge in [-0.05, 0) is 30.7 Å². The van der Waals surface area contributed by atoms with Gasteiger partial charge in [0.1, 0.15) is 4.21 Å². The Hall–Kier alpha value is -0.950. The molecule has 2 rings (SSSR count). The third kappa shape index (κ3) is 4.26. The van der Waals surface area contributed by atoms with Gasteiger partial charge in [-0.2, -0.15) is 4.31 Å². The van der Waals surface area contributed by atoms with Gasteiger partial charge in [0.15, 0.2) is 0 Å². The lowest BCUT2D eigenvalue weighted by Gasteiger charge is -2.15. The number of aryl methyl sites for hydroxylation is 1. The number of pyridine rings is 1. The highest BCUT2D eigenvalue weighted by Crippen LogP contribution is 2.25. The van der Waals surface area contributed by atoms with Gasteiger partial charge in [-0.25, -0.2) is 8.42 Å². The molecule has 0 fully saturated rings. The first-order valence-electron chi connectivity index (χ1n) is 6.55. The van der Waals surface area contributed by atoms with Crippen molar-refractivity contribution in [1.29, 1.82) is 0 Å². The first-order chi connectivity index (χ1) is 10.0. The summed E-state index contributed by atoms with van der Waals surface area (Å²) in [7, 11) is -1.83. The average Bonchev–Trinajstić information content (AvgIpc) is 2.95. The molecule has 0 N–H and O–H groups in total. The molecule has 0 spiro atoms. The van der Waals surface area contributed by atoms with Crippen LogP contribution in [0.4, 0.5) is 0 Å². The fourth-order valence-corrected chi connectivity index (χ4v) is 4.87. The molecule has 4 nitrogen and oxygen atoms in total. The van der Waals surface area contributed by atoms with Crippen LogP contribution < -0.4 is 0 Å². The molecule has 2 heterocycles. The van der Waals surface area contributed by atoms with Crippen LogP contribution >= 0.6 is 22.9 Å². The summed E-state index contributed by atoms with van der Waals surface area (Å²) in [6, 6.07) is 9.11. The summed E-state index contributed by atoms with van der Waals surface area (Å²) < 4.78 is 26.6. The Labute approximate surface area is 134 Å². The Kier molecular flexibility index (Phi) is 5.75. The van der Waals surface area contributed by atoms with Crippen LogP contribution in [0, 0.1) is 0 Å². The van der Waals surface area contributed by atoms with Crippen molar-refractivity contribution in [2.24, 2.45) is 0 Å². The highest BCUT2D eigenvalue weighted by Gasteiger charge is 2.22. The molecule has 0 aliphatic heterocycles. The topological polar surface area (TPSA) is 50.3 Å². The summed E-state index contributed by atoms with van der Waals surface area (Å²) in [4.78, 5) is 5.19. The van der Waals surface area contributed by atoms with E-state index < -0.39 is 10.0 Å². The maximum atomic E-state index is 12.5. The van der Waals surface area contributed by atoms with Gasteiger partial charge in [0, 0.05) is 42.7 Å². The van der Waals surface area contributed by atoms with Gasteiger partial charge in [-0.15, -0.1) is 22.9 Å². The maximum Gasteiger partial charge on any atom is 0.252 e. The fourth-order valence-electron chi connectivity index (χ4n) is 1.82. The number of hydrogen-bond acceptors (Lipinski definition) is 4. The van der Waals surface area contributed by atoms with Gasteiger partial charge >= 0.3 is 0 Å². The second-order valence-electron chi connectivity index (χ2n) is 4.56. The van der Waals surface area contributed by atoms with E-state index in [2.05, 4.69) is 4.98 Å². The first-order valence-corrected chi connectivity index (χ1v) is 9.34. The number of halogens is 1. The Morgan fingerprint density at radius 2 is 2.05 bits per heavy atom. The SMILES string of the molecule is CN(CCc1ccccn1)S(=O)(=O)c1ccc(CCCl)s1. The van der Waals surface area contributed by atoms with Crippen LogP contribution in [0.3, 0.4) is 0 Å². The van der Waals surface area contributed by atoms with Crippen molar-refractivity contribution in [2.75, 3.05) is 19.5 Å². The van der Waals surface area contributed by atoms with Crippen molar-refractivity contribution in [3.63, 3.8) is 0 Å². The summed E-state index contributed by atoms with van der Waals surface area (Å²) in [6.45, 7) is 0.405. The maximum absolute atomic E-state index is 12.5. The summed E-state index contributed by atoms with van der Waals surface area (Å²) >= 11 is 6.96. The Morgan fingerprint density at radius 3 is 2.71 bits per heavy atom. The van der Waals surface area contributed by atoms with E-state index in [1.807, 2.05) is 24.3 Å². The molecular formula is C14H17ClN2O2S2. The second kappa shape index (κ2) is 7.35. The number of hydrogen-bond donors (Lipinski definition) is 0. The van der Waals surface area contributed by atoms with E-state index in [1.165, 1.54) is 15.6 Å². The third-order valence-corrected chi connectivity index (χ3v) is 6.71. The fraction of sp³-hybridized carbons (Fsp3) is 0.357. The van der Waals surface area contributed by atoms with Gasteiger partial charge in [0.25, 0.3) is 10.0 Å². The Bertz CT molecular complexity index is 671. The van der Waals surface area contributed by atoms with Crippen LogP contribution in [0.1, 0.15) is 10.6 Å². The average molecular weight is 345 g/mol. The molecule has 0 saturated heterocycles. The molecule has 0 amide bonds. The van der Waals surface area contributed by atoms with Gasteiger partial charge in [0.05, 0.1) is 0 Å². The zero-order chi connectivity index (χ0) is 15.3. The molecule has 0 bridgehead atoms. The smallest absolute Gasteiger partial charge is 0.252 e. The molecule has 0 radical (unpaired) electrons. The van der Waals surface area contributed by atoms with Crippen LogP contribution in [0.5, 0.6) is 0 Å². The number of aromatic nitrogens is 1. The molecule has 0 atom stereocenters. The van der Waals surface area contributed by atoms with E-state index in [0.717, 1.165) is 10.6 Å². The zero-order valence-electron chi connectivity index (χ0n) is 11.7. The van der Waals surface area contributed by atoms with Crippen LogP contribution in [0.15, 0.2) is 40.7 Å². The van der Waals surface area contributed by atoms with E-state index in [1.54, 1.807) is 19.3 Å². The molecule has 114 valence electrons. The molecule has 21 heavy (non-hydrogen) atoms. The second-order valence-corrected chi connectivity index (χ2v) is 8.38. The number of nitrogens with zero attached hydrogens (tertiary/aromatic N) is 2. The Balaban J connectivity index is 2.04. The highest BCUT2D eigenvalue weighted by molar-refractivity contribution is 7.91. The molecule has 7 heteroatoms. The lowest BCUT2D eigenvalue weighted by Crippen LogP contribution is -2.28. The minimum absolute atomic E-state index is 0.367. The molecule has 0 unspecified atom stereocenters. The number of sulfonamides is 1. The lowest BCUT2D eigenvalue weighted by atomic mass is 10.3. The van der Waals surface area contributed by atoms with Crippen molar-refractivity contribution in [2.45, 2.75) is 17.1 Å². The molecular weight excluding hydrogens is 328 g/mol. The quantitative estimate of drug-likeness (QED) is 0.726. The van der Waals surface area contributed by atoms with Gasteiger partial charge in [-0.1, -0.05) is 6.07 Å². The van der Waals surface area contributed by atoms with E-state index >= 15 is 0 Å². The molecule has 0 aromatic carbocycles. The third-order valence-electron chi connectivity index (χ3n) is 3.05. The zero-order valence-corrected chi connectivity index (χ0v) is 14.1. The molecule has 2 aromatic heterocycles. The molecule has 0 aliphatic rings. The predicted molar refractivity (Wildman–Crippen MR) is 86.5 cm³/mol. The van der Waals surface area contributed by atoms with Crippen molar-refractivity contribution in [1.82, 2.24) is 9.29 Å². The molecule has 0 aliphatic carbocycles. The first kappa shape index (κ1) is 16.4. The summed E-state index contributed by atoms with van der Waals surface area (Å²) in [6.07, 6.45) is 3.00. The van der Waals surface area contributed by atoms with E-state index in [4.69, 9.17) is 11.6 Å². The Morgan fingerprint density at radius 1 is 1.24 bits per heavy atom. The number of likely N-dealkylation sites (N-methyl/N-ethyl adjacent to an activating group) is 1. The van der Waals surface area contributed by atoms with Crippen LogP contribution in [-0.4, -0.2) is 37.2 Å². The number of rotatable bonds is 7. The molecule has 0 saturated carbocycles. The number of thiophene rings is 1. The lowest BCUT2D eigenvalue weighted by molar-refractivity contribution is 0.472. The summed E-state index contributed by atoms with van der Waals surface area (Å²) in [5.41, 5.74) is 0.883. The van der Waals surface area contributed by atoms with Crippen molar-refractivity contribution >= 4 is 33.0 Å². The van der Waals surface area contributed by atoms with Gasteiger partial charge in [-0.3, -0.25) is 4.98 Å². The van der Waals surface area contributed by atoms with Crippen LogP contribution in [-0.2, 0) is 22.9 Å². The normalized spacial score (nSPS) is 12.0. The van der Waals surface area contributed by atoms with Crippen molar-refractivity contribution < 1.29 is 8.42 Å². The summed E-state index contributed by atoms with van der Waals surface area (Å²) in [5.74, 6) is 0.496. The van der Waals surface area contributed by atoms with E-state index in [-0.39, 0.29) is 0 Å². The number of alkyl halides is 1. The summed E-state index contributed by atoms with van der Waals surface area (Å²) in [5, 5.41) is 0. The van der Waals surface area contributed by atoms with Gasteiger partial charge < -0.3 is 0 Å². The highest BCUT2D eigenvalue weighted by atomic mass is 35.5. The monoisotopic (exact) mass is 344 g/mol. The van der Waals surface area contributed by atoms with Crippen molar-refractivity contribution in [3.05, 3.63) is 47.1 Å². The van der Waals surface area contributed by atoms with Crippen molar-refractivity contribution in [3.8, 4) is 0 Å². The predicted octanol–water partition coefficient (Wildman–Crippen LogP) is 2.79. The minimum atomic E-state index is -3.43. The van der Waals surface area contributed by atoms with Crippen LogP contribution in [0.2, 0.25) is 0 Å². The van der Waals surface area contributed by atoms with Crippen LogP contribution in [0.25, 0.3) is 0 Å². The largest absolute Gasteiger partial charge is 0.261 e. The molecule has 2 aromatic rings.